The minimum atomic E-state index is 0.131. The van der Waals surface area contributed by atoms with E-state index in [2.05, 4.69) is 12.2 Å². The SMILES string of the molecule is CCCCC(CN)NC(=O)CC(C)C. The van der Waals surface area contributed by atoms with Gasteiger partial charge in [0.1, 0.15) is 0 Å². The summed E-state index contributed by atoms with van der Waals surface area (Å²) < 4.78 is 0. The molecule has 1 unspecified atom stereocenters. The third-order valence-electron chi connectivity index (χ3n) is 2.15. The Morgan fingerprint density at radius 3 is 2.50 bits per heavy atom. The van der Waals surface area contributed by atoms with Crippen molar-refractivity contribution in [1.82, 2.24) is 5.32 Å². The molecule has 0 spiro atoms. The topological polar surface area (TPSA) is 55.1 Å². The van der Waals surface area contributed by atoms with Gasteiger partial charge in [0.05, 0.1) is 0 Å². The second-order valence-corrected chi connectivity index (χ2v) is 4.24. The van der Waals surface area contributed by atoms with Crippen molar-refractivity contribution in [3.63, 3.8) is 0 Å². The zero-order valence-electron chi connectivity index (χ0n) is 9.68. The molecule has 1 amide bonds. The maximum atomic E-state index is 11.4. The standard InChI is InChI=1S/C11H24N2O/c1-4-5-6-10(8-12)13-11(14)7-9(2)3/h9-10H,4-8,12H2,1-3H3,(H,13,14). The Balaban J connectivity index is 3.74. The smallest absolute Gasteiger partial charge is 0.220 e. The molecule has 3 nitrogen and oxygen atoms in total. The van der Waals surface area contributed by atoms with E-state index in [9.17, 15) is 4.79 Å². The number of rotatable bonds is 7. The minimum absolute atomic E-state index is 0.131. The maximum Gasteiger partial charge on any atom is 0.220 e. The van der Waals surface area contributed by atoms with Crippen molar-refractivity contribution in [3.05, 3.63) is 0 Å². The zero-order chi connectivity index (χ0) is 11.0. The number of unbranched alkanes of at least 4 members (excludes halogenated alkanes) is 1. The number of nitrogens with one attached hydrogen (secondary N) is 1. The molecule has 0 fully saturated rings. The first kappa shape index (κ1) is 13.4. The molecule has 0 heterocycles. The van der Waals surface area contributed by atoms with Crippen LogP contribution in [0.15, 0.2) is 0 Å². The van der Waals surface area contributed by atoms with Crippen LogP contribution in [0, 0.1) is 5.92 Å². The van der Waals surface area contributed by atoms with Crippen LogP contribution < -0.4 is 11.1 Å². The Morgan fingerprint density at radius 2 is 2.07 bits per heavy atom. The van der Waals surface area contributed by atoms with Crippen LogP contribution in [0.25, 0.3) is 0 Å². The molecule has 0 aliphatic heterocycles. The fraction of sp³-hybridized carbons (Fsp3) is 0.909. The summed E-state index contributed by atoms with van der Waals surface area (Å²) in [4.78, 5) is 11.4. The van der Waals surface area contributed by atoms with Crippen molar-refractivity contribution in [2.75, 3.05) is 6.54 Å². The summed E-state index contributed by atoms with van der Waals surface area (Å²) in [5.41, 5.74) is 5.58. The Kier molecular flexibility index (Phi) is 7.48. The Morgan fingerprint density at radius 1 is 1.43 bits per heavy atom. The summed E-state index contributed by atoms with van der Waals surface area (Å²) in [6.07, 6.45) is 3.87. The van der Waals surface area contributed by atoms with Crippen molar-refractivity contribution in [2.24, 2.45) is 11.7 Å². The molecule has 14 heavy (non-hydrogen) atoms. The molecule has 3 heteroatoms. The monoisotopic (exact) mass is 200 g/mol. The van der Waals surface area contributed by atoms with Crippen LogP contribution in [-0.4, -0.2) is 18.5 Å². The second-order valence-electron chi connectivity index (χ2n) is 4.24. The van der Waals surface area contributed by atoms with E-state index < -0.39 is 0 Å². The summed E-state index contributed by atoms with van der Waals surface area (Å²) in [5.74, 6) is 0.547. The van der Waals surface area contributed by atoms with Gasteiger partial charge in [0.2, 0.25) is 5.91 Å². The van der Waals surface area contributed by atoms with Crippen molar-refractivity contribution >= 4 is 5.91 Å². The molecular formula is C11H24N2O. The van der Waals surface area contributed by atoms with Gasteiger partial charge in [0.15, 0.2) is 0 Å². The van der Waals surface area contributed by atoms with Crippen molar-refractivity contribution < 1.29 is 4.79 Å². The molecule has 0 aliphatic carbocycles. The van der Waals surface area contributed by atoms with Crippen LogP contribution in [0.4, 0.5) is 0 Å². The van der Waals surface area contributed by atoms with E-state index in [1.54, 1.807) is 0 Å². The fourth-order valence-electron chi connectivity index (χ4n) is 1.36. The number of carbonyl (C=O) groups excluding carboxylic acids is 1. The van der Waals surface area contributed by atoms with Crippen LogP contribution in [0.1, 0.15) is 46.5 Å². The molecule has 0 aromatic heterocycles. The van der Waals surface area contributed by atoms with E-state index >= 15 is 0 Å². The van der Waals surface area contributed by atoms with Gasteiger partial charge in [0.25, 0.3) is 0 Å². The van der Waals surface area contributed by atoms with E-state index in [1.807, 2.05) is 13.8 Å². The second kappa shape index (κ2) is 7.80. The average Bonchev–Trinajstić information content (AvgIpc) is 2.10. The van der Waals surface area contributed by atoms with Crippen molar-refractivity contribution in [3.8, 4) is 0 Å². The lowest BCUT2D eigenvalue weighted by Crippen LogP contribution is -2.40. The van der Waals surface area contributed by atoms with E-state index in [0.29, 0.717) is 18.9 Å². The first-order chi connectivity index (χ1) is 6.60. The van der Waals surface area contributed by atoms with E-state index in [1.165, 1.54) is 0 Å². The normalized spacial score (nSPS) is 12.9. The van der Waals surface area contributed by atoms with Gasteiger partial charge in [-0.15, -0.1) is 0 Å². The van der Waals surface area contributed by atoms with Crippen LogP contribution in [-0.2, 0) is 4.79 Å². The van der Waals surface area contributed by atoms with Gasteiger partial charge >= 0.3 is 0 Å². The maximum absolute atomic E-state index is 11.4. The summed E-state index contributed by atoms with van der Waals surface area (Å²) in [7, 11) is 0. The fourth-order valence-corrected chi connectivity index (χ4v) is 1.36. The highest BCUT2D eigenvalue weighted by Crippen LogP contribution is 2.02. The van der Waals surface area contributed by atoms with Gasteiger partial charge in [-0.05, 0) is 12.3 Å². The molecule has 0 aromatic rings. The average molecular weight is 200 g/mol. The van der Waals surface area contributed by atoms with E-state index in [4.69, 9.17) is 5.73 Å². The van der Waals surface area contributed by atoms with Gasteiger partial charge in [-0.1, -0.05) is 33.6 Å². The van der Waals surface area contributed by atoms with Crippen molar-refractivity contribution in [2.45, 2.75) is 52.5 Å². The molecule has 84 valence electrons. The molecule has 0 bridgehead atoms. The highest BCUT2D eigenvalue weighted by atomic mass is 16.1. The third-order valence-corrected chi connectivity index (χ3v) is 2.15. The summed E-state index contributed by atoms with van der Waals surface area (Å²) in [5, 5.41) is 2.97. The van der Waals surface area contributed by atoms with E-state index in [0.717, 1.165) is 19.3 Å². The van der Waals surface area contributed by atoms with Gasteiger partial charge in [-0.25, -0.2) is 0 Å². The van der Waals surface area contributed by atoms with Crippen LogP contribution >= 0.6 is 0 Å². The molecule has 3 N–H and O–H groups in total. The molecule has 1 atom stereocenters. The molecule has 0 aromatic carbocycles. The van der Waals surface area contributed by atoms with Gasteiger partial charge in [-0.2, -0.15) is 0 Å². The van der Waals surface area contributed by atoms with Gasteiger partial charge in [0, 0.05) is 19.0 Å². The summed E-state index contributed by atoms with van der Waals surface area (Å²) >= 11 is 0. The number of carbonyl (C=O) groups is 1. The van der Waals surface area contributed by atoms with E-state index in [-0.39, 0.29) is 11.9 Å². The largest absolute Gasteiger partial charge is 0.352 e. The van der Waals surface area contributed by atoms with Crippen LogP contribution in [0.2, 0.25) is 0 Å². The number of hydrogen-bond acceptors (Lipinski definition) is 2. The number of hydrogen-bond donors (Lipinski definition) is 2. The quantitative estimate of drug-likeness (QED) is 0.657. The van der Waals surface area contributed by atoms with Crippen LogP contribution in [0.3, 0.4) is 0 Å². The highest BCUT2D eigenvalue weighted by Gasteiger charge is 2.10. The van der Waals surface area contributed by atoms with Gasteiger partial charge < -0.3 is 11.1 Å². The van der Waals surface area contributed by atoms with Gasteiger partial charge in [-0.3, -0.25) is 4.79 Å². The molecule has 0 radical (unpaired) electrons. The molecule has 0 saturated heterocycles. The zero-order valence-corrected chi connectivity index (χ0v) is 9.68. The molecular weight excluding hydrogens is 176 g/mol. The number of amides is 1. The summed E-state index contributed by atoms with van der Waals surface area (Å²) in [6, 6.07) is 0.168. The lowest BCUT2D eigenvalue weighted by Gasteiger charge is -2.17. The Labute approximate surface area is 87.4 Å². The third kappa shape index (κ3) is 6.89. The minimum Gasteiger partial charge on any atom is -0.352 e. The molecule has 0 saturated carbocycles. The lowest BCUT2D eigenvalue weighted by molar-refractivity contribution is -0.122. The lowest BCUT2D eigenvalue weighted by atomic mass is 10.1. The first-order valence-corrected chi connectivity index (χ1v) is 5.59. The number of nitrogens with two attached hydrogens (primary N) is 1. The summed E-state index contributed by atoms with van der Waals surface area (Å²) in [6.45, 7) is 6.78. The Bertz CT molecular complexity index is 157. The predicted octanol–water partition coefficient (Wildman–Crippen LogP) is 1.67. The molecule has 0 aliphatic rings. The molecule has 0 rings (SSSR count). The first-order valence-electron chi connectivity index (χ1n) is 5.59. The van der Waals surface area contributed by atoms with Crippen LogP contribution in [0.5, 0.6) is 0 Å². The predicted molar refractivity (Wildman–Crippen MR) is 60.0 cm³/mol. The highest BCUT2D eigenvalue weighted by molar-refractivity contribution is 5.76. The van der Waals surface area contributed by atoms with Crippen molar-refractivity contribution in [1.29, 1.82) is 0 Å². The Hall–Kier alpha value is -0.570.